The molecule has 0 spiro atoms. The lowest BCUT2D eigenvalue weighted by Gasteiger charge is -2.34. The summed E-state index contributed by atoms with van der Waals surface area (Å²) in [6.07, 6.45) is 6.78. The second-order valence-electron chi connectivity index (χ2n) is 8.75. The first kappa shape index (κ1) is 22.7. The van der Waals surface area contributed by atoms with Crippen molar-refractivity contribution in [3.63, 3.8) is 0 Å². The van der Waals surface area contributed by atoms with Crippen LogP contribution in [0.25, 0.3) is 22.1 Å². The van der Waals surface area contributed by atoms with Crippen LogP contribution in [0.2, 0.25) is 0 Å². The monoisotopic (exact) mass is 472 g/mol. The molecule has 2 amide bonds. The summed E-state index contributed by atoms with van der Waals surface area (Å²) in [5.41, 5.74) is 7.89. The molecule has 0 aliphatic carbocycles. The topological polar surface area (TPSA) is 123 Å². The number of benzene rings is 1. The zero-order valence-electron chi connectivity index (χ0n) is 19.5. The van der Waals surface area contributed by atoms with Gasteiger partial charge in [-0.2, -0.15) is 0 Å². The number of carbonyl (C=O) groups is 2. The van der Waals surface area contributed by atoms with Gasteiger partial charge in [-0.25, -0.2) is 19.9 Å². The lowest BCUT2D eigenvalue weighted by atomic mass is 10.1. The number of nitrogens with zero attached hydrogens (tertiary/aromatic N) is 7. The van der Waals surface area contributed by atoms with Crippen molar-refractivity contribution in [2.75, 3.05) is 31.1 Å². The van der Waals surface area contributed by atoms with Crippen LogP contribution in [0.4, 0.5) is 5.95 Å². The minimum Gasteiger partial charge on any atom is -0.364 e. The van der Waals surface area contributed by atoms with Crippen molar-refractivity contribution in [3.8, 4) is 0 Å². The molecule has 1 saturated heterocycles. The van der Waals surface area contributed by atoms with E-state index in [1.165, 1.54) is 0 Å². The second kappa shape index (κ2) is 10.0. The molecule has 2 N–H and O–H groups in total. The molecule has 35 heavy (non-hydrogen) atoms. The molecule has 0 radical (unpaired) electrons. The molecule has 5 rings (SSSR count). The number of para-hydroxylation sites is 1. The second-order valence-corrected chi connectivity index (χ2v) is 8.75. The van der Waals surface area contributed by atoms with Gasteiger partial charge in [-0.05, 0) is 31.0 Å². The Morgan fingerprint density at radius 2 is 1.71 bits per heavy atom. The van der Waals surface area contributed by atoms with Gasteiger partial charge in [0.25, 0.3) is 5.91 Å². The lowest BCUT2D eigenvalue weighted by molar-refractivity contribution is -0.131. The third-order valence-corrected chi connectivity index (χ3v) is 6.40. The van der Waals surface area contributed by atoms with Crippen molar-refractivity contribution < 1.29 is 9.59 Å². The molecule has 1 aliphatic rings. The fourth-order valence-electron chi connectivity index (χ4n) is 4.40. The Morgan fingerprint density at radius 1 is 0.886 bits per heavy atom. The Balaban J connectivity index is 1.06. The average Bonchev–Trinajstić information content (AvgIpc) is 3.30. The van der Waals surface area contributed by atoms with Gasteiger partial charge in [0.1, 0.15) is 11.2 Å². The Kier molecular flexibility index (Phi) is 6.51. The number of piperazine rings is 1. The van der Waals surface area contributed by atoms with Crippen LogP contribution in [-0.4, -0.2) is 67.4 Å². The first-order chi connectivity index (χ1) is 17.1. The van der Waals surface area contributed by atoms with E-state index in [4.69, 9.17) is 5.73 Å². The number of nitrogens with two attached hydrogens (primary N) is 1. The Hall–Kier alpha value is -4.08. The highest BCUT2D eigenvalue weighted by molar-refractivity contribution is 5.92. The van der Waals surface area contributed by atoms with E-state index in [1.54, 1.807) is 18.5 Å². The highest BCUT2D eigenvalue weighted by atomic mass is 16.2. The largest absolute Gasteiger partial charge is 0.364 e. The molecule has 1 fully saturated rings. The third-order valence-electron chi connectivity index (χ3n) is 6.40. The van der Waals surface area contributed by atoms with E-state index < -0.39 is 5.91 Å². The number of fused-ring (bicyclic) bond motifs is 2. The number of primary amides is 1. The first-order valence-corrected chi connectivity index (χ1v) is 11.9. The molecule has 10 nitrogen and oxygen atoms in total. The molecule has 4 heterocycles. The van der Waals surface area contributed by atoms with E-state index in [1.807, 2.05) is 39.9 Å². The maximum absolute atomic E-state index is 12.7. The Bertz CT molecular complexity index is 1360. The van der Waals surface area contributed by atoms with Crippen LogP contribution in [0.3, 0.4) is 0 Å². The molecular weight excluding hydrogens is 444 g/mol. The summed E-state index contributed by atoms with van der Waals surface area (Å²) in [7, 11) is 0. The third kappa shape index (κ3) is 5.06. The van der Waals surface area contributed by atoms with Crippen LogP contribution < -0.4 is 10.6 Å². The molecule has 10 heteroatoms. The van der Waals surface area contributed by atoms with Gasteiger partial charge in [-0.3, -0.25) is 9.59 Å². The predicted molar refractivity (Wildman–Crippen MR) is 133 cm³/mol. The van der Waals surface area contributed by atoms with Crippen LogP contribution in [0, 0.1) is 0 Å². The van der Waals surface area contributed by atoms with Crippen LogP contribution in [-0.2, 0) is 11.3 Å². The summed E-state index contributed by atoms with van der Waals surface area (Å²) < 4.78 is 1.93. The first-order valence-electron chi connectivity index (χ1n) is 11.9. The molecule has 0 unspecified atom stereocenters. The molecule has 180 valence electrons. The van der Waals surface area contributed by atoms with Crippen LogP contribution >= 0.6 is 0 Å². The zero-order valence-corrected chi connectivity index (χ0v) is 19.5. The number of carbonyl (C=O) groups excluding carboxylic acids is 2. The normalized spacial score (nSPS) is 14.1. The summed E-state index contributed by atoms with van der Waals surface area (Å²) in [4.78, 5) is 46.0. The van der Waals surface area contributed by atoms with E-state index in [2.05, 4.69) is 24.8 Å². The fraction of sp³-hybridized carbons (Fsp3) is 0.360. The molecule has 0 bridgehead atoms. The van der Waals surface area contributed by atoms with Gasteiger partial charge in [-0.15, -0.1) is 0 Å². The van der Waals surface area contributed by atoms with E-state index >= 15 is 0 Å². The Labute approximate surface area is 202 Å². The number of hydrogen-bond donors (Lipinski definition) is 1. The van der Waals surface area contributed by atoms with Crippen LogP contribution in [0.15, 0.2) is 48.9 Å². The zero-order chi connectivity index (χ0) is 24.2. The maximum Gasteiger partial charge on any atom is 0.267 e. The van der Waals surface area contributed by atoms with E-state index in [-0.39, 0.29) is 11.6 Å². The number of unbranched alkanes of at least 4 members (excludes halogenated alkanes) is 2. The number of pyridine rings is 1. The SMILES string of the molecule is NC(=O)c1ccc2ncn(CCCCCC(=O)N3CCN(c4ncc5ccccc5n4)CC3)c2n1. The van der Waals surface area contributed by atoms with Gasteiger partial charge in [0.2, 0.25) is 11.9 Å². The molecular formula is C25H28N8O2. The number of anilines is 1. The van der Waals surface area contributed by atoms with E-state index in [9.17, 15) is 9.59 Å². The highest BCUT2D eigenvalue weighted by Crippen LogP contribution is 2.17. The quantitative estimate of drug-likeness (QED) is 0.391. The molecule has 3 aromatic heterocycles. The number of hydrogen-bond acceptors (Lipinski definition) is 7. The van der Waals surface area contributed by atoms with E-state index in [0.717, 1.165) is 61.3 Å². The van der Waals surface area contributed by atoms with Crippen molar-refractivity contribution >= 4 is 39.8 Å². The molecule has 0 atom stereocenters. The lowest BCUT2D eigenvalue weighted by Crippen LogP contribution is -2.49. The molecule has 0 saturated carbocycles. The number of aryl methyl sites for hydroxylation is 1. The number of amides is 2. The number of imidazole rings is 1. The van der Waals surface area contributed by atoms with Crippen molar-refractivity contribution in [1.29, 1.82) is 0 Å². The van der Waals surface area contributed by atoms with Gasteiger partial charge in [0.15, 0.2) is 5.65 Å². The van der Waals surface area contributed by atoms with Crippen LogP contribution in [0.1, 0.15) is 36.2 Å². The predicted octanol–water partition coefficient (Wildman–Crippen LogP) is 2.38. The van der Waals surface area contributed by atoms with Gasteiger partial charge in [0, 0.05) is 50.7 Å². The summed E-state index contributed by atoms with van der Waals surface area (Å²) in [6.45, 7) is 3.56. The van der Waals surface area contributed by atoms with Gasteiger partial charge in [0.05, 0.1) is 11.8 Å². The molecule has 1 aliphatic heterocycles. The van der Waals surface area contributed by atoms with Crippen molar-refractivity contribution in [3.05, 3.63) is 54.6 Å². The summed E-state index contributed by atoms with van der Waals surface area (Å²) in [5.74, 6) is 0.369. The fourth-order valence-corrected chi connectivity index (χ4v) is 4.40. The molecule has 4 aromatic rings. The minimum atomic E-state index is -0.552. The Morgan fingerprint density at radius 3 is 2.54 bits per heavy atom. The van der Waals surface area contributed by atoms with Gasteiger partial charge >= 0.3 is 0 Å². The average molecular weight is 473 g/mol. The van der Waals surface area contributed by atoms with Crippen molar-refractivity contribution in [2.45, 2.75) is 32.2 Å². The molecule has 1 aromatic carbocycles. The maximum atomic E-state index is 12.7. The van der Waals surface area contributed by atoms with E-state index in [0.29, 0.717) is 25.2 Å². The number of aromatic nitrogens is 5. The smallest absolute Gasteiger partial charge is 0.267 e. The highest BCUT2D eigenvalue weighted by Gasteiger charge is 2.22. The van der Waals surface area contributed by atoms with Gasteiger partial charge in [-0.1, -0.05) is 24.6 Å². The van der Waals surface area contributed by atoms with Crippen molar-refractivity contribution in [1.82, 2.24) is 29.4 Å². The van der Waals surface area contributed by atoms with Gasteiger partial charge < -0.3 is 20.1 Å². The standard InChI is InChI=1S/C25H28N8O2/c26-23(35)20-9-10-21-24(29-20)33(17-28-21)11-5-1-2-8-22(34)31-12-14-32(15-13-31)25-27-16-18-6-3-4-7-19(18)30-25/h3-4,6-7,9-10,16-17H,1-2,5,8,11-15H2,(H2,26,35). The minimum absolute atomic E-state index is 0.199. The van der Waals surface area contributed by atoms with Crippen LogP contribution in [0.5, 0.6) is 0 Å². The summed E-state index contributed by atoms with van der Waals surface area (Å²) in [6, 6.07) is 11.3. The van der Waals surface area contributed by atoms with Crippen molar-refractivity contribution in [2.24, 2.45) is 5.73 Å². The summed E-state index contributed by atoms with van der Waals surface area (Å²) >= 11 is 0. The number of rotatable bonds is 8. The summed E-state index contributed by atoms with van der Waals surface area (Å²) in [5, 5.41) is 1.03.